The second-order valence-electron chi connectivity index (χ2n) is 2.99. The Labute approximate surface area is 82.7 Å². The Hall–Kier alpha value is -1.38. The second-order valence-corrected chi connectivity index (χ2v) is 2.99. The highest BCUT2D eigenvalue weighted by atomic mass is 19.1. The fourth-order valence-electron chi connectivity index (χ4n) is 1.35. The summed E-state index contributed by atoms with van der Waals surface area (Å²) >= 11 is 0. The fraction of sp³-hybridized carbons (Fsp3) is 0.364. The van der Waals surface area contributed by atoms with E-state index in [-0.39, 0.29) is 5.82 Å². The number of para-hydroxylation sites is 1. The van der Waals surface area contributed by atoms with Gasteiger partial charge in [0, 0.05) is 6.42 Å². The lowest BCUT2D eigenvalue weighted by Crippen LogP contribution is -1.95. The van der Waals surface area contributed by atoms with Gasteiger partial charge in [-0.2, -0.15) is 0 Å². The maximum Gasteiger partial charge on any atom is 0.165 e. The van der Waals surface area contributed by atoms with E-state index >= 15 is 0 Å². The number of benzene rings is 1. The maximum absolute atomic E-state index is 13.2. The summed E-state index contributed by atoms with van der Waals surface area (Å²) in [4.78, 5) is 10.1. The van der Waals surface area contributed by atoms with E-state index in [0.29, 0.717) is 18.6 Å². The Bertz CT molecular complexity index is 310. The maximum atomic E-state index is 13.2. The van der Waals surface area contributed by atoms with Gasteiger partial charge in [0.2, 0.25) is 0 Å². The first kappa shape index (κ1) is 10.7. The molecule has 0 unspecified atom stereocenters. The van der Waals surface area contributed by atoms with Gasteiger partial charge in [-0.05, 0) is 24.5 Å². The summed E-state index contributed by atoms with van der Waals surface area (Å²) in [5.74, 6) is -0.0606. The van der Waals surface area contributed by atoms with Gasteiger partial charge >= 0.3 is 0 Å². The van der Waals surface area contributed by atoms with E-state index < -0.39 is 0 Å². The van der Waals surface area contributed by atoms with Crippen molar-refractivity contribution in [2.45, 2.75) is 19.3 Å². The van der Waals surface area contributed by atoms with Crippen LogP contribution >= 0.6 is 0 Å². The lowest BCUT2D eigenvalue weighted by Gasteiger charge is -2.07. The lowest BCUT2D eigenvalue weighted by molar-refractivity contribution is -0.107. The van der Waals surface area contributed by atoms with E-state index in [1.807, 2.05) is 6.07 Å². The molecule has 0 aliphatic heterocycles. The molecule has 76 valence electrons. The number of rotatable bonds is 5. The first-order valence-corrected chi connectivity index (χ1v) is 4.54. The topological polar surface area (TPSA) is 26.3 Å². The average molecular weight is 196 g/mol. The Balaban J connectivity index is 2.74. The largest absolute Gasteiger partial charge is 0.493 e. The van der Waals surface area contributed by atoms with Crippen LogP contribution < -0.4 is 4.74 Å². The van der Waals surface area contributed by atoms with Gasteiger partial charge in [0.1, 0.15) is 6.29 Å². The highest BCUT2D eigenvalue weighted by molar-refractivity contribution is 5.49. The van der Waals surface area contributed by atoms with Gasteiger partial charge in [0.15, 0.2) is 11.6 Å². The molecule has 0 atom stereocenters. The Morgan fingerprint density at radius 3 is 2.93 bits per heavy atom. The molecular weight excluding hydrogens is 183 g/mol. The number of ether oxygens (including phenoxy) is 1. The van der Waals surface area contributed by atoms with Gasteiger partial charge in [-0.1, -0.05) is 12.1 Å². The number of methoxy groups -OCH3 is 1. The normalized spacial score (nSPS) is 9.86. The predicted octanol–water partition coefficient (Wildman–Crippen LogP) is 2.36. The van der Waals surface area contributed by atoms with E-state index in [0.717, 1.165) is 18.3 Å². The molecule has 0 heterocycles. The third-order valence-electron chi connectivity index (χ3n) is 2.02. The molecule has 0 aliphatic carbocycles. The van der Waals surface area contributed by atoms with Crippen LogP contribution in [0.4, 0.5) is 4.39 Å². The molecule has 0 amide bonds. The van der Waals surface area contributed by atoms with Crippen molar-refractivity contribution in [3.63, 3.8) is 0 Å². The molecule has 2 nitrogen and oxygen atoms in total. The number of hydrogen-bond donors (Lipinski definition) is 0. The summed E-state index contributed by atoms with van der Waals surface area (Å²) in [5, 5.41) is 0. The number of aldehydes is 1. The third kappa shape index (κ3) is 2.55. The number of halogens is 1. The van der Waals surface area contributed by atoms with Crippen LogP contribution in [0.1, 0.15) is 18.4 Å². The van der Waals surface area contributed by atoms with Crippen molar-refractivity contribution in [2.24, 2.45) is 0 Å². The standard InChI is InChI=1S/C11H13FO2/c1-14-11-9(5-2-3-8-13)6-4-7-10(11)12/h4,6-8H,2-3,5H2,1H3. The molecule has 0 bridgehead atoms. The molecule has 0 N–H and O–H groups in total. The van der Waals surface area contributed by atoms with E-state index in [4.69, 9.17) is 4.74 Å². The van der Waals surface area contributed by atoms with Gasteiger partial charge in [0.05, 0.1) is 7.11 Å². The summed E-state index contributed by atoms with van der Waals surface area (Å²) in [6.07, 6.45) is 2.76. The van der Waals surface area contributed by atoms with Crippen molar-refractivity contribution in [1.29, 1.82) is 0 Å². The van der Waals surface area contributed by atoms with Crippen molar-refractivity contribution in [3.05, 3.63) is 29.6 Å². The minimum Gasteiger partial charge on any atom is -0.493 e. The van der Waals surface area contributed by atoms with Gasteiger partial charge in [0.25, 0.3) is 0 Å². The third-order valence-corrected chi connectivity index (χ3v) is 2.02. The minimum absolute atomic E-state index is 0.290. The number of unbranched alkanes of at least 4 members (excludes halogenated alkanes) is 1. The Morgan fingerprint density at radius 2 is 2.29 bits per heavy atom. The molecule has 0 aliphatic rings. The van der Waals surface area contributed by atoms with Crippen molar-refractivity contribution < 1.29 is 13.9 Å². The van der Waals surface area contributed by atoms with Crippen LogP contribution in [-0.2, 0) is 11.2 Å². The van der Waals surface area contributed by atoms with Crippen molar-refractivity contribution in [2.75, 3.05) is 7.11 Å². The van der Waals surface area contributed by atoms with Crippen LogP contribution in [-0.4, -0.2) is 13.4 Å². The van der Waals surface area contributed by atoms with Crippen molar-refractivity contribution in [3.8, 4) is 5.75 Å². The molecule has 1 aromatic rings. The summed E-state index contributed by atoms with van der Waals surface area (Å²) in [6.45, 7) is 0. The SMILES string of the molecule is COc1c(F)cccc1CCCC=O. The minimum atomic E-state index is -0.351. The van der Waals surface area contributed by atoms with Crippen LogP contribution in [0.3, 0.4) is 0 Å². The Morgan fingerprint density at radius 1 is 1.50 bits per heavy atom. The van der Waals surface area contributed by atoms with Crippen molar-refractivity contribution in [1.82, 2.24) is 0 Å². The van der Waals surface area contributed by atoms with Gasteiger partial charge in [-0.25, -0.2) is 4.39 Å². The van der Waals surface area contributed by atoms with Crippen LogP contribution in [0.15, 0.2) is 18.2 Å². The van der Waals surface area contributed by atoms with E-state index in [1.54, 1.807) is 6.07 Å². The molecule has 0 aromatic heterocycles. The fourth-order valence-corrected chi connectivity index (χ4v) is 1.35. The molecule has 1 aromatic carbocycles. The molecule has 0 saturated heterocycles. The highest BCUT2D eigenvalue weighted by Gasteiger charge is 2.07. The molecule has 3 heteroatoms. The number of carbonyl (C=O) groups excluding carboxylic acids is 1. The number of hydrogen-bond acceptors (Lipinski definition) is 2. The smallest absolute Gasteiger partial charge is 0.165 e. The van der Waals surface area contributed by atoms with E-state index in [9.17, 15) is 9.18 Å². The molecule has 0 radical (unpaired) electrons. The zero-order chi connectivity index (χ0) is 10.4. The molecule has 14 heavy (non-hydrogen) atoms. The van der Waals surface area contributed by atoms with Crippen molar-refractivity contribution >= 4 is 6.29 Å². The molecule has 0 fully saturated rings. The van der Waals surface area contributed by atoms with E-state index in [2.05, 4.69) is 0 Å². The van der Waals surface area contributed by atoms with Crippen LogP contribution in [0, 0.1) is 5.82 Å². The quantitative estimate of drug-likeness (QED) is 0.533. The number of carbonyl (C=O) groups is 1. The zero-order valence-corrected chi connectivity index (χ0v) is 8.13. The average Bonchev–Trinajstić information content (AvgIpc) is 2.18. The first-order chi connectivity index (χ1) is 6.79. The highest BCUT2D eigenvalue weighted by Crippen LogP contribution is 2.23. The molecular formula is C11H13FO2. The first-order valence-electron chi connectivity index (χ1n) is 4.54. The second kappa shape index (κ2) is 5.37. The van der Waals surface area contributed by atoms with Crippen LogP contribution in [0.5, 0.6) is 5.75 Å². The molecule has 0 saturated carbocycles. The zero-order valence-electron chi connectivity index (χ0n) is 8.13. The summed E-state index contributed by atoms with van der Waals surface area (Å²) in [5.41, 5.74) is 0.814. The van der Waals surface area contributed by atoms with Gasteiger partial charge in [-0.15, -0.1) is 0 Å². The lowest BCUT2D eigenvalue weighted by atomic mass is 10.1. The van der Waals surface area contributed by atoms with Gasteiger partial charge < -0.3 is 9.53 Å². The summed E-state index contributed by atoms with van der Waals surface area (Å²) in [7, 11) is 1.45. The predicted molar refractivity (Wildman–Crippen MR) is 52.0 cm³/mol. The van der Waals surface area contributed by atoms with Gasteiger partial charge in [-0.3, -0.25) is 0 Å². The van der Waals surface area contributed by atoms with E-state index in [1.165, 1.54) is 13.2 Å². The van der Waals surface area contributed by atoms with Crippen LogP contribution in [0.25, 0.3) is 0 Å². The summed E-state index contributed by atoms with van der Waals surface area (Å²) < 4.78 is 18.1. The Kier molecular flexibility index (Phi) is 4.11. The summed E-state index contributed by atoms with van der Waals surface area (Å²) in [6, 6.07) is 4.82. The molecule has 1 rings (SSSR count). The monoisotopic (exact) mass is 196 g/mol. The number of aryl methyl sites for hydroxylation is 1. The molecule has 0 spiro atoms. The van der Waals surface area contributed by atoms with Crippen LogP contribution in [0.2, 0.25) is 0 Å².